The average Bonchev–Trinajstić information content (AvgIpc) is 2.33. The SMILES string of the molecule is Nc1c(F)cc(Br)cc1F.Nc1c(F)cccc1F. The zero-order valence-electron chi connectivity index (χ0n) is 9.43. The molecule has 0 radical (unpaired) electrons. The Kier molecular flexibility index (Phi) is 5.17. The molecule has 0 amide bonds. The highest BCUT2D eigenvalue weighted by Crippen LogP contribution is 2.20. The van der Waals surface area contributed by atoms with Crippen LogP contribution in [0.15, 0.2) is 34.8 Å². The summed E-state index contributed by atoms with van der Waals surface area (Å²) >= 11 is 2.91. The van der Waals surface area contributed by atoms with Crippen LogP contribution in [-0.2, 0) is 0 Å². The van der Waals surface area contributed by atoms with Gasteiger partial charge in [0.15, 0.2) is 0 Å². The molecule has 0 aliphatic carbocycles. The number of nitrogens with two attached hydrogens (primary N) is 2. The van der Waals surface area contributed by atoms with Crippen LogP contribution in [0.3, 0.4) is 0 Å². The summed E-state index contributed by atoms with van der Waals surface area (Å²) in [6.45, 7) is 0. The van der Waals surface area contributed by atoms with Gasteiger partial charge in [-0.3, -0.25) is 0 Å². The molecule has 7 heteroatoms. The predicted molar refractivity (Wildman–Crippen MR) is 69.2 cm³/mol. The number of nitrogen functional groups attached to an aromatic ring is 2. The normalized spacial score (nSPS) is 9.74. The monoisotopic (exact) mass is 336 g/mol. The molecule has 0 saturated carbocycles. The van der Waals surface area contributed by atoms with E-state index in [1.807, 2.05) is 0 Å². The number of anilines is 2. The highest BCUT2D eigenvalue weighted by atomic mass is 79.9. The van der Waals surface area contributed by atoms with Crippen molar-refractivity contribution < 1.29 is 17.6 Å². The fourth-order valence-corrected chi connectivity index (χ4v) is 1.47. The highest BCUT2D eigenvalue weighted by molar-refractivity contribution is 9.10. The van der Waals surface area contributed by atoms with E-state index < -0.39 is 34.6 Å². The van der Waals surface area contributed by atoms with Crippen LogP contribution in [0.1, 0.15) is 0 Å². The fourth-order valence-electron chi connectivity index (χ4n) is 1.06. The molecule has 0 bridgehead atoms. The first-order valence-electron chi connectivity index (χ1n) is 4.92. The molecule has 0 unspecified atom stereocenters. The smallest absolute Gasteiger partial charge is 0.150 e. The number of rotatable bonds is 0. The van der Waals surface area contributed by atoms with Crippen molar-refractivity contribution in [2.24, 2.45) is 0 Å². The van der Waals surface area contributed by atoms with Crippen molar-refractivity contribution in [2.75, 3.05) is 11.5 Å². The van der Waals surface area contributed by atoms with Gasteiger partial charge in [-0.05, 0) is 24.3 Å². The number of hydrogen-bond donors (Lipinski definition) is 2. The Labute approximate surface area is 115 Å². The molecule has 0 aromatic heterocycles. The first-order valence-corrected chi connectivity index (χ1v) is 5.71. The van der Waals surface area contributed by atoms with Gasteiger partial charge in [0.1, 0.15) is 34.6 Å². The molecule has 0 saturated heterocycles. The fraction of sp³-hybridized carbons (Fsp3) is 0. The Morgan fingerprint density at radius 2 is 1.11 bits per heavy atom. The lowest BCUT2D eigenvalue weighted by Gasteiger charge is -1.97. The molecule has 0 aliphatic rings. The van der Waals surface area contributed by atoms with Gasteiger partial charge >= 0.3 is 0 Å². The van der Waals surface area contributed by atoms with Gasteiger partial charge in [-0.25, -0.2) is 17.6 Å². The quantitative estimate of drug-likeness (QED) is 0.567. The van der Waals surface area contributed by atoms with Crippen LogP contribution in [0.4, 0.5) is 28.9 Å². The van der Waals surface area contributed by atoms with E-state index in [1.54, 1.807) is 0 Å². The Morgan fingerprint density at radius 1 is 0.737 bits per heavy atom. The van der Waals surface area contributed by atoms with Crippen molar-refractivity contribution >= 4 is 27.3 Å². The van der Waals surface area contributed by atoms with Crippen molar-refractivity contribution in [3.8, 4) is 0 Å². The van der Waals surface area contributed by atoms with Crippen LogP contribution in [0.2, 0.25) is 0 Å². The second-order valence-corrected chi connectivity index (χ2v) is 4.33. The summed E-state index contributed by atoms with van der Waals surface area (Å²) in [6, 6.07) is 5.70. The second kappa shape index (κ2) is 6.42. The van der Waals surface area contributed by atoms with Crippen LogP contribution in [0.5, 0.6) is 0 Å². The summed E-state index contributed by atoms with van der Waals surface area (Å²) in [5, 5.41) is 0. The van der Waals surface area contributed by atoms with Gasteiger partial charge in [-0.15, -0.1) is 0 Å². The largest absolute Gasteiger partial charge is 0.394 e. The molecular weight excluding hydrogens is 328 g/mol. The molecule has 19 heavy (non-hydrogen) atoms. The molecule has 2 aromatic carbocycles. The highest BCUT2D eigenvalue weighted by Gasteiger charge is 2.04. The van der Waals surface area contributed by atoms with E-state index in [-0.39, 0.29) is 0 Å². The molecule has 2 aromatic rings. The first kappa shape index (κ1) is 15.3. The third-order valence-corrected chi connectivity index (χ3v) is 2.50. The summed E-state index contributed by atoms with van der Waals surface area (Å²) in [5.74, 6) is -2.91. The molecule has 4 N–H and O–H groups in total. The zero-order valence-corrected chi connectivity index (χ0v) is 11.0. The molecular formula is C12H9BrF4N2. The van der Waals surface area contributed by atoms with E-state index in [4.69, 9.17) is 11.5 Å². The van der Waals surface area contributed by atoms with Crippen molar-refractivity contribution in [1.29, 1.82) is 0 Å². The van der Waals surface area contributed by atoms with Gasteiger partial charge in [0.2, 0.25) is 0 Å². The number of benzene rings is 2. The van der Waals surface area contributed by atoms with Crippen LogP contribution >= 0.6 is 15.9 Å². The standard InChI is InChI=1S/C6H4BrF2N.C6H5F2N/c7-3-1-4(8)6(10)5(9)2-3;7-4-2-1-3-5(8)6(4)9/h1-2H,10H2;1-3H,9H2. The van der Waals surface area contributed by atoms with Crippen molar-refractivity contribution in [2.45, 2.75) is 0 Å². The molecule has 0 aliphatic heterocycles. The number of para-hydroxylation sites is 1. The first-order chi connectivity index (χ1) is 8.82. The Balaban J connectivity index is 0.000000191. The van der Waals surface area contributed by atoms with Crippen molar-refractivity contribution in [1.82, 2.24) is 0 Å². The Hall–Kier alpha value is -1.76. The Morgan fingerprint density at radius 3 is 1.47 bits per heavy atom. The topological polar surface area (TPSA) is 52.0 Å². The van der Waals surface area contributed by atoms with E-state index in [1.165, 1.54) is 6.07 Å². The maximum atomic E-state index is 12.4. The lowest BCUT2D eigenvalue weighted by molar-refractivity contribution is 0.590. The summed E-state index contributed by atoms with van der Waals surface area (Å²) in [6.07, 6.45) is 0. The lowest BCUT2D eigenvalue weighted by Crippen LogP contribution is -1.94. The van der Waals surface area contributed by atoms with Crippen molar-refractivity contribution in [3.63, 3.8) is 0 Å². The summed E-state index contributed by atoms with van der Waals surface area (Å²) in [7, 11) is 0. The third kappa shape index (κ3) is 4.13. The summed E-state index contributed by atoms with van der Waals surface area (Å²) in [4.78, 5) is 0. The average molecular weight is 337 g/mol. The maximum absolute atomic E-state index is 12.4. The van der Waals surface area contributed by atoms with E-state index in [0.29, 0.717) is 4.47 Å². The number of hydrogen-bond acceptors (Lipinski definition) is 2. The molecule has 0 heterocycles. The van der Waals surface area contributed by atoms with E-state index in [2.05, 4.69) is 15.9 Å². The minimum atomic E-state index is -0.744. The minimum absolute atomic E-state index is 0.344. The van der Waals surface area contributed by atoms with Gasteiger partial charge in [-0.1, -0.05) is 22.0 Å². The van der Waals surface area contributed by atoms with E-state index in [9.17, 15) is 17.6 Å². The van der Waals surface area contributed by atoms with Gasteiger partial charge < -0.3 is 11.5 Å². The second-order valence-electron chi connectivity index (χ2n) is 3.42. The van der Waals surface area contributed by atoms with Crippen LogP contribution in [0, 0.1) is 23.3 Å². The van der Waals surface area contributed by atoms with E-state index >= 15 is 0 Å². The third-order valence-electron chi connectivity index (χ3n) is 2.04. The molecule has 0 spiro atoms. The predicted octanol–water partition coefficient (Wildman–Crippen LogP) is 3.86. The molecule has 0 atom stereocenters. The zero-order chi connectivity index (χ0) is 14.6. The van der Waals surface area contributed by atoms with Crippen LogP contribution < -0.4 is 11.5 Å². The number of halogens is 5. The van der Waals surface area contributed by atoms with Gasteiger partial charge in [0.05, 0.1) is 0 Å². The van der Waals surface area contributed by atoms with Crippen LogP contribution in [0.25, 0.3) is 0 Å². The van der Waals surface area contributed by atoms with Crippen molar-refractivity contribution in [3.05, 3.63) is 58.1 Å². The Bertz CT molecular complexity index is 547. The van der Waals surface area contributed by atoms with Crippen LogP contribution in [-0.4, -0.2) is 0 Å². The maximum Gasteiger partial charge on any atom is 0.150 e. The molecule has 2 rings (SSSR count). The van der Waals surface area contributed by atoms with Gasteiger partial charge in [-0.2, -0.15) is 0 Å². The minimum Gasteiger partial charge on any atom is -0.394 e. The van der Waals surface area contributed by atoms with E-state index in [0.717, 1.165) is 24.3 Å². The lowest BCUT2D eigenvalue weighted by atomic mass is 10.3. The summed E-state index contributed by atoms with van der Waals surface area (Å²) < 4.78 is 49.7. The van der Waals surface area contributed by atoms with Gasteiger partial charge in [0, 0.05) is 4.47 Å². The summed E-state index contributed by atoms with van der Waals surface area (Å²) in [5.41, 5.74) is 9.05. The molecule has 102 valence electrons. The molecule has 2 nitrogen and oxygen atoms in total. The molecule has 0 fully saturated rings. The van der Waals surface area contributed by atoms with Gasteiger partial charge in [0.25, 0.3) is 0 Å².